The van der Waals surface area contributed by atoms with Crippen LogP contribution < -0.4 is 0 Å². The van der Waals surface area contributed by atoms with Gasteiger partial charge >= 0.3 is 0 Å². The lowest BCUT2D eigenvalue weighted by atomic mass is 10.1. The first kappa shape index (κ1) is 10.4. The molecule has 0 fully saturated rings. The molecule has 0 aromatic carbocycles. The number of fused-ring (bicyclic) bond motifs is 1. The van der Waals surface area contributed by atoms with Crippen molar-refractivity contribution in [2.75, 3.05) is 0 Å². The number of carbonyl (C=O) groups excluding carboxylic acids is 2. The molecule has 0 aliphatic heterocycles. The predicted molar refractivity (Wildman–Crippen MR) is 63.0 cm³/mol. The van der Waals surface area contributed by atoms with Crippen LogP contribution in [0.3, 0.4) is 0 Å². The van der Waals surface area contributed by atoms with E-state index in [1.54, 1.807) is 23.6 Å². The largest absolute Gasteiger partial charge is 0.313 e. The molecule has 0 aliphatic rings. The Kier molecular flexibility index (Phi) is 2.44. The average molecular weight is 213 g/mol. The summed E-state index contributed by atoms with van der Waals surface area (Å²) in [7, 11) is 0. The van der Waals surface area contributed by atoms with E-state index in [0.717, 1.165) is 23.7 Å². The lowest BCUT2D eigenvalue weighted by Gasteiger charge is -1.99. The summed E-state index contributed by atoms with van der Waals surface area (Å²) >= 11 is 0. The van der Waals surface area contributed by atoms with Gasteiger partial charge < -0.3 is 4.40 Å². The molecule has 0 unspecified atom stereocenters. The van der Waals surface area contributed by atoms with Gasteiger partial charge in [0.15, 0.2) is 12.6 Å². The number of nitrogens with zero attached hydrogens (tertiary/aromatic N) is 1. The topological polar surface area (TPSA) is 38.5 Å². The van der Waals surface area contributed by atoms with Crippen molar-refractivity contribution in [1.82, 2.24) is 4.40 Å². The molecule has 0 spiro atoms. The van der Waals surface area contributed by atoms with Gasteiger partial charge in [0.2, 0.25) is 0 Å². The molecule has 3 nitrogen and oxygen atoms in total. The van der Waals surface area contributed by atoms with E-state index in [0.29, 0.717) is 16.8 Å². The van der Waals surface area contributed by atoms with E-state index in [9.17, 15) is 9.59 Å². The highest BCUT2D eigenvalue weighted by Crippen LogP contribution is 2.21. The number of carbonyl (C=O) groups is 2. The molecule has 16 heavy (non-hydrogen) atoms. The highest BCUT2D eigenvalue weighted by atomic mass is 16.1. The van der Waals surface area contributed by atoms with E-state index in [4.69, 9.17) is 0 Å². The van der Waals surface area contributed by atoms with Crippen molar-refractivity contribution in [3.8, 4) is 0 Å². The number of pyridine rings is 1. The summed E-state index contributed by atoms with van der Waals surface area (Å²) in [5.41, 5.74) is 3.45. The fourth-order valence-electron chi connectivity index (χ4n) is 1.86. The van der Waals surface area contributed by atoms with Gasteiger partial charge in [-0.25, -0.2) is 0 Å². The van der Waals surface area contributed by atoms with Crippen LogP contribution in [-0.2, 0) is 0 Å². The Morgan fingerprint density at radius 1 is 1.25 bits per heavy atom. The van der Waals surface area contributed by atoms with Gasteiger partial charge in [-0.05, 0) is 24.1 Å². The van der Waals surface area contributed by atoms with Crippen LogP contribution in [0.2, 0.25) is 0 Å². The number of hydrogen-bond donors (Lipinski definition) is 0. The SMILES string of the molecule is C=Cc1ccc2c(C=O)c(C)c(C=O)n2c1. The first-order valence-electron chi connectivity index (χ1n) is 4.90. The maximum atomic E-state index is 11.0. The Bertz CT molecular complexity index is 593. The van der Waals surface area contributed by atoms with Crippen molar-refractivity contribution in [3.05, 3.63) is 47.3 Å². The fourth-order valence-corrected chi connectivity index (χ4v) is 1.86. The molecule has 0 saturated heterocycles. The van der Waals surface area contributed by atoms with E-state index in [1.165, 1.54) is 0 Å². The Hall–Kier alpha value is -2.16. The number of rotatable bonds is 3. The molecule has 0 radical (unpaired) electrons. The minimum atomic E-state index is 0.515. The third-order valence-corrected chi connectivity index (χ3v) is 2.76. The molecule has 2 heterocycles. The molecular formula is C13H11NO2. The molecule has 0 saturated carbocycles. The van der Waals surface area contributed by atoms with Gasteiger partial charge in [0.05, 0.1) is 11.2 Å². The molecule has 0 atom stereocenters. The second kappa shape index (κ2) is 3.77. The molecule has 0 amide bonds. The minimum absolute atomic E-state index is 0.515. The molecular weight excluding hydrogens is 202 g/mol. The smallest absolute Gasteiger partial charge is 0.167 e. The molecule has 0 bridgehead atoms. The summed E-state index contributed by atoms with van der Waals surface area (Å²) in [6.45, 7) is 5.44. The van der Waals surface area contributed by atoms with Crippen molar-refractivity contribution in [1.29, 1.82) is 0 Å². The molecule has 80 valence electrons. The molecule has 2 aromatic heterocycles. The number of hydrogen-bond acceptors (Lipinski definition) is 2. The third kappa shape index (κ3) is 1.29. The van der Waals surface area contributed by atoms with Crippen LogP contribution in [0.15, 0.2) is 24.9 Å². The fraction of sp³-hybridized carbons (Fsp3) is 0.0769. The van der Waals surface area contributed by atoms with E-state index < -0.39 is 0 Å². The molecule has 0 N–H and O–H groups in total. The number of aromatic nitrogens is 1. The van der Waals surface area contributed by atoms with Gasteiger partial charge in [-0.3, -0.25) is 9.59 Å². The summed E-state index contributed by atoms with van der Waals surface area (Å²) in [5.74, 6) is 0. The third-order valence-electron chi connectivity index (χ3n) is 2.76. The molecule has 2 rings (SSSR count). The lowest BCUT2D eigenvalue weighted by molar-refractivity contribution is 0.111. The van der Waals surface area contributed by atoms with Gasteiger partial charge in [0.25, 0.3) is 0 Å². The van der Waals surface area contributed by atoms with Crippen LogP contribution >= 0.6 is 0 Å². The van der Waals surface area contributed by atoms with Gasteiger partial charge in [0.1, 0.15) is 0 Å². The van der Waals surface area contributed by atoms with Crippen LogP contribution in [0, 0.1) is 6.92 Å². The van der Waals surface area contributed by atoms with Crippen molar-refractivity contribution >= 4 is 24.2 Å². The Balaban J connectivity index is 2.94. The van der Waals surface area contributed by atoms with Gasteiger partial charge in [-0.15, -0.1) is 0 Å². The molecule has 3 heteroatoms. The van der Waals surface area contributed by atoms with Crippen LogP contribution in [0.25, 0.3) is 11.6 Å². The summed E-state index contributed by atoms with van der Waals surface area (Å²) < 4.78 is 1.73. The summed E-state index contributed by atoms with van der Waals surface area (Å²) in [5, 5.41) is 0. The van der Waals surface area contributed by atoms with Crippen molar-refractivity contribution in [2.45, 2.75) is 6.92 Å². The highest BCUT2D eigenvalue weighted by molar-refractivity contribution is 5.94. The second-order valence-corrected chi connectivity index (χ2v) is 3.58. The molecule has 0 aliphatic carbocycles. The zero-order valence-electron chi connectivity index (χ0n) is 8.93. The van der Waals surface area contributed by atoms with Crippen molar-refractivity contribution in [2.24, 2.45) is 0 Å². The van der Waals surface area contributed by atoms with Gasteiger partial charge in [-0.2, -0.15) is 0 Å². The Labute approximate surface area is 93.0 Å². The zero-order chi connectivity index (χ0) is 11.7. The van der Waals surface area contributed by atoms with Crippen LogP contribution in [0.1, 0.15) is 32.0 Å². The maximum Gasteiger partial charge on any atom is 0.167 e. The first-order chi connectivity index (χ1) is 7.72. The summed E-state index contributed by atoms with van der Waals surface area (Å²) in [4.78, 5) is 22.0. The zero-order valence-corrected chi connectivity index (χ0v) is 8.93. The molecule has 2 aromatic rings. The Morgan fingerprint density at radius 2 is 2.00 bits per heavy atom. The standard InChI is InChI=1S/C13H11NO2/c1-3-10-4-5-12-11(7-15)9(2)13(8-16)14(12)6-10/h3-8H,1H2,2H3. The summed E-state index contributed by atoms with van der Waals surface area (Å²) in [6, 6.07) is 3.68. The van der Waals surface area contributed by atoms with E-state index >= 15 is 0 Å². The van der Waals surface area contributed by atoms with E-state index in [2.05, 4.69) is 6.58 Å². The predicted octanol–water partition coefficient (Wildman–Crippen LogP) is 2.52. The second-order valence-electron chi connectivity index (χ2n) is 3.58. The average Bonchev–Trinajstić information content (AvgIpc) is 2.59. The van der Waals surface area contributed by atoms with Crippen LogP contribution in [0.5, 0.6) is 0 Å². The van der Waals surface area contributed by atoms with Crippen molar-refractivity contribution < 1.29 is 9.59 Å². The highest BCUT2D eigenvalue weighted by Gasteiger charge is 2.13. The van der Waals surface area contributed by atoms with Crippen LogP contribution in [0.4, 0.5) is 0 Å². The Morgan fingerprint density at radius 3 is 2.56 bits per heavy atom. The minimum Gasteiger partial charge on any atom is -0.313 e. The number of aldehydes is 2. The monoisotopic (exact) mass is 213 g/mol. The first-order valence-corrected chi connectivity index (χ1v) is 4.90. The van der Waals surface area contributed by atoms with Crippen molar-refractivity contribution in [3.63, 3.8) is 0 Å². The van der Waals surface area contributed by atoms with Gasteiger partial charge in [0, 0.05) is 11.8 Å². The quantitative estimate of drug-likeness (QED) is 0.735. The van der Waals surface area contributed by atoms with E-state index in [1.807, 2.05) is 12.1 Å². The van der Waals surface area contributed by atoms with Crippen LogP contribution in [-0.4, -0.2) is 17.0 Å². The lowest BCUT2D eigenvalue weighted by Crippen LogP contribution is -1.92. The van der Waals surface area contributed by atoms with E-state index in [-0.39, 0.29) is 0 Å². The maximum absolute atomic E-state index is 11.0. The summed E-state index contributed by atoms with van der Waals surface area (Å²) in [6.07, 6.45) is 5.05. The van der Waals surface area contributed by atoms with Gasteiger partial charge in [-0.1, -0.05) is 18.7 Å². The normalized spacial score (nSPS) is 10.3.